The first-order valence-electron chi connectivity index (χ1n) is 7.98. The fraction of sp³-hybridized carbons (Fsp3) is 0.150. The molecule has 4 nitrogen and oxygen atoms in total. The van der Waals surface area contributed by atoms with Crippen molar-refractivity contribution in [3.63, 3.8) is 0 Å². The summed E-state index contributed by atoms with van der Waals surface area (Å²) in [7, 11) is 3.31. The number of aromatic nitrogens is 1. The minimum absolute atomic E-state index is 0.631. The van der Waals surface area contributed by atoms with Gasteiger partial charge in [0, 0.05) is 22.5 Å². The third kappa shape index (κ3) is 3.84. The van der Waals surface area contributed by atoms with Gasteiger partial charge in [-0.2, -0.15) is 0 Å². The van der Waals surface area contributed by atoms with Crippen LogP contribution in [0.3, 0.4) is 0 Å². The zero-order chi connectivity index (χ0) is 18.5. The zero-order valence-electron chi connectivity index (χ0n) is 14.6. The molecule has 0 unspecified atom stereocenters. The van der Waals surface area contributed by atoms with Crippen LogP contribution in [0.5, 0.6) is 11.5 Å². The molecule has 0 aliphatic heterocycles. The molecule has 0 aliphatic carbocycles. The van der Waals surface area contributed by atoms with Crippen LogP contribution in [0.15, 0.2) is 65.5 Å². The Bertz CT molecular complexity index is 974. The smallest absolute Gasteiger partial charge is 0.190 e. The Kier molecular flexibility index (Phi) is 5.81. The molecule has 0 spiro atoms. The average molecular weight is 387 g/mol. The van der Waals surface area contributed by atoms with Gasteiger partial charge in [-0.15, -0.1) is 17.9 Å². The maximum atomic E-state index is 5.96. The van der Waals surface area contributed by atoms with Crippen molar-refractivity contribution >= 4 is 28.6 Å². The molecule has 26 heavy (non-hydrogen) atoms. The van der Waals surface area contributed by atoms with E-state index in [1.165, 1.54) is 0 Å². The number of rotatable bonds is 6. The first kappa shape index (κ1) is 18.3. The fourth-order valence-electron chi connectivity index (χ4n) is 2.58. The molecule has 6 heteroatoms. The largest absolute Gasteiger partial charge is 0.497 e. The lowest BCUT2D eigenvalue weighted by Crippen LogP contribution is -2.15. The topological polar surface area (TPSA) is 35.8 Å². The van der Waals surface area contributed by atoms with Gasteiger partial charge < -0.3 is 14.0 Å². The molecule has 1 heterocycles. The Labute approximate surface area is 161 Å². The van der Waals surface area contributed by atoms with Crippen LogP contribution < -0.4 is 14.3 Å². The van der Waals surface area contributed by atoms with Crippen LogP contribution in [0, 0.1) is 0 Å². The quantitative estimate of drug-likeness (QED) is 0.538. The summed E-state index contributed by atoms with van der Waals surface area (Å²) in [5.41, 5.74) is 2.79. The highest BCUT2D eigenvalue weighted by Crippen LogP contribution is 2.33. The number of hydrogen-bond donors (Lipinski definition) is 0. The summed E-state index contributed by atoms with van der Waals surface area (Å²) < 4.78 is 13.0. The van der Waals surface area contributed by atoms with Gasteiger partial charge in [0.1, 0.15) is 11.5 Å². The predicted octanol–water partition coefficient (Wildman–Crippen LogP) is 5.31. The lowest BCUT2D eigenvalue weighted by molar-refractivity contribution is 0.404. The molecule has 0 fully saturated rings. The molecule has 2 aromatic carbocycles. The highest BCUT2D eigenvalue weighted by Gasteiger charge is 2.13. The van der Waals surface area contributed by atoms with Crippen molar-refractivity contribution in [2.24, 2.45) is 4.99 Å². The summed E-state index contributed by atoms with van der Waals surface area (Å²) in [6.45, 7) is 4.51. The molecule has 0 saturated heterocycles. The van der Waals surface area contributed by atoms with Gasteiger partial charge in [0.15, 0.2) is 4.80 Å². The molecule has 3 aromatic rings. The zero-order valence-corrected chi connectivity index (χ0v) is 16.2. The highest BCUT2D eigenvalue weighted by molar-refractivity contribution is 7.07. The average Bonchev–Trinajstić information content (AvgIpc) is 3.05. The number of nitrogens with zero attached hydrogens (tertiary/aromatic N) is 2. The van der Waals surface area contributed by atoms with Crippen molar-refractivity contribution in [3.8, 4) is 22.8 Å². The number of methoxy groups -OCH3 is 2. The Balaban J connectivity index is 2.17. The molecule has 0 atom stereocenters. The van der Waals surface area contributed by atoms with Gasteiger partial charge in [-0.05, 0) is 42.5 Å². The lowest BCUT2D eigenvalue weighted by atomic mass is 10.1. The van der Waals surface area contributed by atoms with Gasteiger partial charge in [-0.1, -0.05) is 17.7 Å². The number of benzene rings is 2. The van der Waals surface area contributed by atoms with E-state index in [1.807, 2.05) is 48.5 Å². The van der Waals surface area contributed by atoms with Crippen molar-refractivity contribution in [2.75, 3.05) is 14.2 Å². The normalized spacial score (nSPS) is 11.4. The van der Waals surface area contributed by atoms with Crippen LogP contribution in [-0.2, 0) is 6.54 Å². The lowest BCUT2D eigenvalue weighted by Gasteiger charge is -2.12. The molecular weight excluding hydrogens is 368 g/mol. The Morgan fingerprint density at radius 1 is 1.15 bits per heavy atom. The van der Waals surface area contributed by atoms with Crippen molar-refractivity contribution in [1.29, 1.82) is 0 Å². The second-order valence-electron chi connectivity index (χ2n) is 5.46. The second kappa shape index (κ2) is 8.25. The van der Waals surface area contributed by atoms with E-state index >= 15 is 0 Å². The summed E-state index contributed by atoms with van der Waals surface area (Å²) in [6, 6.07) is 13.2. The number of ether oxygens (including phenoxy) is 2. The van der Waals surface area contributed by atoms with E-state index in [0.717, 1.165) is 33.2 Å². The predicted molar refractivity (Wildman–Crippen MR) is 108 cm³/mol. The number of allylic oxidation sites excluding steroid dienone is 1. The summed E-state index contributed by atoms with van der Waals surface area (Å²) in [5.74, 6) is 1.55. The fourth-order valence-corrected chi connectivity index (χ4v) is 3.64. The third-order valence-corrected chi connectivity index (χ3v) is 4.96. The van der Waals surface area contributed by atoms with E-state index < -0.39 is 0 Å². The van der Waals surface area contributed by atoms with Crippen LogP contribution >= 0.6 is 22.9 Å². The van der Waals surface area contributed by atoms with Crippen LogP contribution in [0.1, 0.15) is 0 Å². The van der Waals surface area contributed by atoms with E-state index in [-0.39, 0.29) is 0 Å². The van der Waals surface area contributed by atoms with Gasteiger partial charge in [0.25, 0.3) is 0 Å². The minimum Gasteiger partial charge on any atom is -0.497 e. The molecular formula is C20H19ClN2O2S. The van der Waals surface area contributed by atoms with Crippen molar-refractivity contribution < 1.29 is 9.47 Å². The monoisotopic (exact) mass is 386 g/mol. The maximum absolute atomic E-state index is 5.96. The van der Waals surface area contributed by atoms with Gasteiger partial charge in [-0.25, -0.2) is 4.99 Å². The molecule has 0 radical (unpaired) electrons. The summed E-state index contributed by atoms with van der Waals surface area (Å²) in [6.07, 6.45) is 1.85. The van der Waals surface area contributed by atoms with Crippen LogP contribution in [0.2, 0.25) is 5.02 Å². The minimum atomic E-state index is 0.631. The van der Waals surface area contributed by atoms with E-state index in [2.05, 4.69) is 16.5 Å². The van der Waals surface area contributed by atoms with Crippen molar-refractivity contribution in [3.05, 3.63) is 70.3 Å². The summed E-state index contributed by atoms with van der Waals surface area (Å²) in [5, 5.41) is 2.76. The highest BCUT2D eigenvalue weighted by atomic mass is 35.5. The molecule has 134 valence electrons. The van der Waals surface area contributed by atoms with Crippen LogP contribution in [0.25, 0.3) is 11.3 Å². The van der Waals surface area contributed by atoms with Crippen LogP contribution in [0.4, 0.5) is 5.69 Å². The Morgan fingerprint density at radius 3 is 2.58 bits per heavy atom. The van der Waals surface area contributed by atoms with E-state index in [9.17, 15) is 0 Å². The van der Waals surface area contributed by atoms with Crippen LogP contribution in [-0.4, -0.2) is 18.8 Å². The molecule has 0 aliphatic rings. The van der Waals surface area contributed by atoms with Gasteiger partial charge in [0.2, 0.25) is 0 Å². The molecule has 0 saturated carbocycles. The van der Waals surface area contributed by atoms with E-state index in [0.29, 0.717) is 11.6 Å². The summed E-state index contributed by atoms with van der Waals surface area (Å²) >= 11 is 7.52. The SMILES string of the molecule is C=CCn1c(-c2cc(OC)ccc2OC)csc1=Nc1ccc(Cl)cc1. The van der Waals surface area contributed by atoms with Crippen molar-refractivity contribution in [1.82, 2.24) is 4.57 Å². The Morgan fingerprint density at radius 2 is 1.92 bits per heavy atom. The van der Waals surface area contributed by atoms with E-state index in [4.69, 9.17) is 26.1 Å². The van der Waals surface area contributed by atoms with Crippen molar-refractivity contribution in [2.45, 2.75) is 6.54 Å². The molecule has 0 bridgehead atoms. The van der Waals surface area contributed by atoms with Gasteiger partial charge >= 0.3 is 0 Å². The maximum Gasteiger partial charge on any atom is 0.190 e. The molecule has 1 aromatic heterocycles. The van der Waals surface area contributed by atoms with E-state index in [1.54, 1.807) is 25.6 Å². The number of halogens is 1. The third-order valence-electron chi connectivity index (χ3n) is 3.84. The Hall–Kier alpha value is -2.50. The summed E-state index contributed by atoms with van der Waals surface area (Å²) in [4.78, 5) is 5.62. The molecule has 3 rings (SSSR count). The molecule has 0 amide bonds. The van der Waals surface area contributed by atoms with Gasteiger partial charge in [-0.3, -0.25) is 0 Å². The first-order chi connectivity index (χ1) is 12.7. The second-order valence-corrected chi connectivity index (χ2v) is 6.73. The first-order valence-corrected chi connectivity index (χ1v) is 9.24. The standard InChI is InChI=1S/C20H19ClN2O2S/c1-4-11-23-18(17-12-16(24-2)9-10-19(17)25-3)13-26-20(23)22-15-7-5-14(21)6-8-15/h4-10,12-13H,1,11H2,2-3H3. The van der Waals surface area contributed by atoms with Gasteiger partial charge in [0.05, 0.1) is 25.6 Å². The number of thiazole rings is 1. The molecule has 0 N–H and O–H groups in total. The number of hydrogen-bond acceptors (Lipinski definition) is 4.